The second kappa shape index (κ2) is 12.0. The van der Waals surface area contributed by atoms with Crippen LogP contribution in [-0.2, 0) is 11.4 Å². The number of rotatable bonds is 2. The normalized spacial score (nSPS) is 10.1. The summed E-state index contributed by atoms with van der Waals surface area (Å²) in [6, 6.07) is 8.79. The van der Waals surface area contributed by atoms with Gasteiger partial charge in [-0.05, 0) is 12.5 Å². The van der Waals surface area contributed by atoms with Crippen molar-refractivity contribution < 1.29 is 15.0 Å². The van der Waals surface area contributed by atoms with Crippen LogP contribution in [0.4, 0.5) is 0 Å². The predicted octanol–water partition coefficient (Wildman–Crippen LogP) is 1.45. The van der Waals surface area contributed by atoms with Crippen LogP contribution in [0.1, 0.15) is 12.5 Å². The van der Waals surface area contributed by atoms with Crippen molar-refractivity contribution in [3.63, 3.8) is 0 Å². The van der Waals surface area contributed by atoms with Gasteiger partial charge in [-0.2, -0.15) is 0 Å². The van der Waals surface area contributed by atoms with E-state index in [9.17, 15) is 4.79 Å². The number of alkyl halides is 1. The van der Waals surface area contributed by atoms with Crippen molar-refractivity contribution in [1.29, 1.82) is 0 Å². The first kappa shape index (κ1) is 17.3. The Labute approximate surface area is 101 Å². The monoisotopic (exact) mass is 247 g/mol. The third-order valence-corrected chi connectivity index (χ3v) is 1.41. The summed E-state index contributed by atoms with van der Waals surface area (Å²) in [5.41, 5.74) is 5.80. The first-order valence-corrected chi connectivity index (χ1v) is 5.34. The third-order valence-electron chi connectivity index (χ3n) is 1.41. The van der Waals surface area contributed by atoms with Crippen LogP contribution in [0.2, 0.25) is 0 Å². The fourth-order valence-electron chi connectivity index (χ4n) is 0.583. The number of nitrogens with two attached hydrogens (primary N) is 1. The highest BCUT2D eigenvalue weighted by Gasteiger charge is 1.99. The summed E-state index contributed by atoms with van der Waals surface area (Å²) in [7, 11) is 0. The van der Waals surface area contributed by atoms with E-state index in [2.05, 4.69) is 11.6 Å². The Morgan fingerprint density at radius 1 is 1.38 bits per heavy atom. The van der Waals surface area contributed by atoms with Crippen LogP contribution < -0.4 is 5.73 Å². The van der Waals surface area contributed by atoms with E-state index in [1.54, 1.807) is 0 Å². The fourth-order valence-corrected chi connectivity index (χ4v) is 0.583. The van der Waals surface area contributed by atoms with Gasteiger partial charge in [0, 0.05) is 6.38 Å². The van der Waals surface area contributed by atoms with Crippen molar-refractivity contribution in [3.8, 4) is 0 Å². The number of benzene rings is 1. The highest BCUT2D eigenvalue weighted by molar-refractivity contribution is 6.15. The summed E-state index contributed by atoms with van der Waals surface area (Å²) in [5, 5.41) is 16.4. The Bertz CT molecular complexity index is 265. The van der Waals surface area contributed by atoms with Gasteiger partial charge in [-0.1, -0.05) is 30.3 Å². The molecule has 1 aromatic rings. The molecule has 4 nitrogen and oxygen atoms in total. The Morgan fingerprint density at radius 3 is 1.94 bits per heavy atom. The lowest BCUT2D eigenvalue weighted by molar-refractivity contribution is -0.138. The van der Waals surface area contributed by atoms with Gasteiger partial charge in [-0.15, -0.1) is 11.6 Å². The van der Waals surface area contributed by atoms with Crippen molar-refractivity contribution in [1.82, 2.24) is 0 Å². The standard InChI is InChI=1S/C7H8O.C3H7NO2.CH3Cl/c8-6-7-4-2-1-3-5-7;1-2(4)3(5)6;1-2/h1-5,8H,6H2;2H,4H2,1H3,(H,5,6);1H3/t;2-;/m.0./s1. The molecule has 0 aliphatic heterocycles. The maximum Gasteiger partial charge on any atom is 0.320 e. The minimum absolute atomic E-state index is 0.140. The number of aliphatic carboxylic acids is 1. The van der Waals surface area contributed by atoms with Gasteiger partial charge < -0.3 is 15.9 Å². The molecule has 5 heteroatoms. The van der Waals surface area contributed by atoms with Gasteiger partial charge >= 0.3 is 5.97 Å². The second-order valence-corrected chi connectivity index (χ2v) is 2.77. The molecule has 0 bridgehead atoms. The number of hydrogen-bond donors (Lipinski definition) is 3. The summed E-state index contributed by atoms with van der Waals surface area (Å²) in [5.74, 6) is -0.963. The van der Waals surface area contributed by atoms with Gasteiger partial charge in [0.05, 0.1) is 6.61 Å². The molecule has 0 unspecified atom stereocenters. The molecule has 0 saturated heterocycles. The Balaban J connectivity index is 0. The van der Waals surface area contributed by atoms with Gasteiger partial charge in [0.15, 0.2) is 0 Å². The summed E-state index contributed by atoms with van der Waals surface area (Å²) in [6.45, 7) is 1.56. The molecule has 1 atom stereocenters. The van der Waals surface area contributed by atoms with Gasteiger partial charge in [-0.3, -0.25) is 4.79 Å². The molecule has 0 aromatic heterocycles. The Kier molecular flexibility index (Phi) is 12.9. The molecule has 4 N–H and O–H groups in total. The summed E-state index contributed by atoms with van der Waals surface area (Å²) in [6.07, 6.45) is 1.47. The van der Waals surface area contributed by atoms with E-state index in [1.165, 1.54) is 13.3 Å². The molecule has 0 saturated carbocycles. The van der Waals surface area contributed by atoms with E-state index in [-0.39, 0.29) is 6.61 Å². The number of halogens is 1. The van der Waals surface area contributed by atoms with Crippen LogP contribution >= 0.6 is 11.6 Å². The number of hydrogen-bond acceptors (Lipinski definition) is 3. The Morgan fingerprint density at radius 2 is 1.75 bits per heavy atom. The van der Waals surface area contributed by atoms with Crippen molar-refractivity contribution >= 4 is 17.6 Å². The SMILES string of the molecule is CCl.C[C@H](N)C(=O)O.OCc1ccccc1. The maximum atomic E-state index is 9.57. The fraction of sp³-hybridized carbons (Fsp3) is 0.364. The highest BCUT2D eigenvalue weighted by atomic mass is 35.5. The van der Waals surface area contributed by atoms with Gasteiger partial charge in [0.25, 0.3) is 0 Å². The molecule has 0 amide bonds. The van der Waals surface area contributed by atoms with Crippen LogP contribution in [-0.4, -0.2) is 28.6 Å². The minimum atomic E-state index is -0.963. The van der Waals surface area contributed by atoms with Crippen LogP contribution in [0.25, 0.3) is 0 Å². The lowest BCUT2D eigenvalue weighted by Gasteiger charge is -1.90. The van der Waals surface area contributed by atoms with Crippen molar-refractivity contribution in [2.75, 3.05) is 6.38 Å². The summed E-state index contributed by atoms with van der Waals surface area (Å²) >= 11 is 4.64. The maximum absolute atomic E-state index is 9.57. The van der Waals surface area contributed by atoms with E-state index >= 15 is 0 Å². The van der Waals surface area contributed by atoms with E-state index in [0.29, 0.717) is 0 Å². The molecule has 0 heterocycles. The van der Waals surface area contributed by atoms with Gasteiger partial charge in [0.2, 0.25) is 0 Å². The first-order chi connectivity index (χ1) is 7.57. The molecule has 0 aliphatic rings. The lowest BCUT2D eigenvalue weighted by Crippen LogP contribution is -2.25. The number of aliphatic hydroxyl groups excluding tert-OH is 1. The third kappa shape index (κ3) is 11.0. The van der Waals surface area contributed by atoms with E-state index < -0.39 is 12.0 Å². The van der Waals surface area contributed by atoms with Crippen molar-refractivity contribution in [2.24, 2.45) is 5.73 Å². The predicted molar refractivity (Wildman–Crippen MR) is 65.4 cm³/mol. The van der Waals surface area contributed by atoms with E-state index in [0.717, 1.165) is 5.56 Å². The molecular weight excluding hydrogens is 230 g/mol. The molecule has 0 spiro atoms. The molecule has 92 valence electrons. The van der Waals surface area contributed by atoms with E-state index in [1.807, 2.05) is 30.3 Å². The molecule has 1 rings (SSSR count). The highest BCUT2D eigenvalue weighted by Crippen LogP contribution is 1.95. The average Bonchev–Trinajstić information content (AvgIpc) is 2.33. The minimum Gasteiger partial charge on any atom is -0.480 e. The number of carboxylic acids is 1. The van der Waals surface area contributed by atoms with E-state index in [4.69, 9.17) is 15.9 Å². The van der Waals surface area contributed by atoms with Crippen LogP contribution in [0.5, 0.6) is 0 Å². The largest absolute Gasteiger partial charge is 0.480 e. The smallest absolute Gasteiger partial charge is 0.320 e. The first-order valence-electron chi connectivity index (χ1n) is 4.59. The molecule has 0 fully saturated rings. The van der Waals surface area contributed by atoms with Gasteiger partial charge in [-0.25, -0.2) is 0 Å². The molecule has 1 aromatic carbocycles. The van der Waals surface area contributed by atoms with Crippen LogP contribution in [0.3, 0.4) is 0 Å². The van der Waals surface area contributed by atoms with Gasteiger partial charge in [0.1, 0.15) is 6.04 Å². The van der Waals surface area contributed by atoms with Crippen LogP contribution in [0, 0.1) is 0 Å². The zero-order chi connectivity index (χ0) is 13.0. The van der Waals surface area contributed by atoms with Crippen molar-refractivity contribution in [3.05, 3.63) is 35.9 Å². The van der Waals surface area contributed by atoms with Crippen LogP contribution in [0.15, 0.2) is 30.3 Å². The second-order valence-electron chi connectivity index (χ2n) is 2.77. The van der Waals surface area contributed by atoms with Crippen molar-refractivity contribution in [2.45, 2.75) is 19.6 Å². The molecule has 0 aliphatic carbocycles. The lowest BCUT2D eigenvalue weighted by atomic mass is 10.2. The topological polar surface area (TPSA) is 83.6 Å². The number of carbonyl (C=O) groups is 1. The average molecular weight is 248 g/mol. The quantitative estimate of drug-likeness (QED) is 0.691. The zero-order valence-electron chi connectivity index (χ0n) is 9.43. The Hall–Kier alpha value is -1.10. The molecule has 0 radical (unpaired) electrons. The zero-order valence-corrected chi connectivity index (χ0v) is 10.2. The summed E-state index contributed by atoms with van der Waals surface area (Å²) in [4.78, 5) is 9.57. The summed E-state index contributed by atoms with van der Waals surface area (Å²) < 4.78 is 0. The number of aliphatic hydroxyl groups is 1. The number of carboxylic acid groups (broad SMARTS) is 1. The molecular formula is C11H18ClNO3. The molecule has 16 heavy (non-hydrogen) atoms.